The van der Waals surface area contributed by atoms with Gasteiger partial charge in [0.2, 0.25) is 5.91 Å². The van der Waals surface area contributed by atoms with Crippen LogP contribution in [0.2, 0.25) is 0 Å². The van der Waals surface area contributed by atoms with E-state index >= 15 is 0 Å². The van der Waals surface area contributed by atoms with E-state index in [4.69, 9.17) is 0 Å². The van der Waals surface area contributed by atoms with Crippen molar-refractivity contribution in [1.82, 2.24) is 29.6 Å². The molecule has 2 aromatic rings. The van der Waals surface area contributed by atoms with E-state index in [-0.39, 0.29) is 23.3 Å². The van der Waals surface area contributed by atoms with E-state index in [1.807, 2.05) is 4.90 Å². The van der Waals surface area contributed by atoms with E-state index in [0.29, 0.717) is 29.9 Å². The molecular weight excluding hydrogens is 340 g/mol. The number of nitrogens with one attached hydrogen (secondary N) is 1. The summed E-state index contributed by atoms with van der Waals surface area (Å²) >= 11 is 1.25. The van der Waals surface area contributed by atoms with Gasteiger partial charge in [0.05, 0.1) is 18.3 Å². The van der Waals surface area contributed by atoms with Gasteiger partial charge in [-0.1, -0.05) is 11.8 Å². The van der Waals surface area contributed by atoms with Crippen LogP contribution in [0.5, 0.6) is 0 Å². The van der Waals surface area contributed by atoms with Crippen LogP contribution in [0, 0.1) is 6.92 Å². The van der Waals surface area contributed by atoms with E-state index in [0.717, 1.165) is 11.6 Å². The van der Waals surface area contributed by atoms with Gasteiger partial charge in [-0.15, -0.1) is 10.2 Å². The Morgan fingerprint density at radius 1 is 1.40 bits per heavy atom. The molecule has 8 nitrogen and oxygen atoms in total. The van der Waals surface area contributed by atoms with Crippen LogP contribution in [0.1, 0.15) is 49.1 Å². The van der Waals surface area contributed by atoms with E-state index in [1.165, 1.54) is 30.7 Å². The third kappa shape index (κ3) is 3.33. The monoisotopic (exact) mass is 360 g/mol. The topological polar surface area (TPSA) is 96.8 Å². The normalized spacial score (nSPS) is 19.8. The first-order valence-electron chi connectivity index (χ1n) is 8.43. The predicted octanol–water partition coefficient (Wildman–Crippen LogP) is 1.24. The molecule has 1 N–H and O–H groups in total. The Morgan fingerprint density at radius 3 is 2.92 bits per heavy atom. The highest BCUT2D eigenvalue weighted by molar-refractivity contribution is 7.99. The molecule has 0 radical (unpaired) electrons. The first kappa shape index (κ1) is 16.3. The van der Waals surface area contributed by atoms with Crippen molar-refractivity contribution in [3.05, 3.63) is 33.8 Å². The van der Waals surface area contributed by atoms with E-state index in [9.17, 15) is 9.59 Å². The Labute approximate surface area is 149 Å². The highest BCUT2D eigenvalue weighted by Crippen LogP contribution is 2.41. The van der Waals surface area contributed by atoms with Gasteiger partial charge in [0.25, 0.3) is 5.56 Å². The Morgan fingerprint density at radius 2 is 2.20 bits per heavy atom. The van der Waals surface area contributed by atoms with E-state index in [2.05, 4.69) is 31.7 Å². The zero-order chi connectivity index (χ0) is 17.6. The molecule has 9 heteroatoms. The van der Waals surface area contributed by atoms with Crippen molar-refractivity contribution in [1.29, 1.82) is 0 Å². The average molecular weight is 360 g/mol. The smallest absolute Gasteiger partial charge is 0.251 e. The van der Waals surface area contributed by atoms with Crippen molar-refractivity contribution in [3.8, 4) is 0 Å². The van der Waals surface area contributed by atoms with Gasteiger partial charge in [0.1, 0.15) is 5.82 Å². The van der Waals surface area contributed by atoms with Crippen LogP contribution in [0.15, 0.2) is 16.0 Å². The first-order valence-corrected chi connectivity index (χ1v) is 9.42. The number of carbonyl (C=O) groups is 1. The third-order valence-electron chi connectivity index (χ3n) is 4.53. The van der Waals surface area contributed by atoms with Crippen LogP contribution in [0.3, 0.4) is 0 Å². The molecule has 1 aliphatic carbocycles. The van der Waals surface area contributed by atoms with Gasteiger partial charge in [-0.05, 0) is 26.7 Å². The molecule has 2 aliphatic rings. The lowest BCUT2D eigenvalue weighted by Gasteiger charge is -2.32. The quantitative estimate of drug-likeness (QED) is 0.651. The number of aromatic amines is 1. The van der Waals surface area contributed by atoms with Gasteiger partial charge in [0.15, 0.2) is 11.0 Å². The largest absolute Gasteiger partial charge is 0.332 e. The molecule has 2 aromatic heterocycles. The van der Waals surface area contributed by atoms with Crippen molar-refractivity contribution in [2.24, 2.45) is 0 Å². The molecule has 0 spiro atoms. The lowest BCUT2D eigenvalue weighted by atomic mass is 10.2. The van der Waals surface area contributed by atoms with Crippen molar-refractivity contribution in [2.75, 3.05) is 12.3 Å². The molecule has 1 aliphatic heterocycles. The summed E-state index contributed by atoms with van der Waals surface area (Å²) in [6.45, 7) is 5.01. The molecule has 1 saturated carbocycles. The van der Waals surface area contributed by atoms with Gasteiger partial charge < -0.3 is 14.5 Å². The number of fused-ring (bicyclic) bond motifs is 1. The fraction of sp³-hybridized carbons (Fsp3) is 0.562. The first-order chi connectivity index (χ1) is 12.0. The summed E-state index contributed by atoms with van der Waals surface area (Å²) < 4.78 is 2.20. The summed E-state index contributed by atoms with van der Waals surface area (Å²) in [5, 5.41) is 9.11. The van der Waals surface area contributed by atoms with E-state index in [1.54, 1.807) is 6.92 Å². The van der Waals surface area contributed by atoms with Crippen molar-refractivity contribution in [2.45, 2.75) is 50.4 Å². The van der Waals surface area contributed by atoms with Gasteiger partial charge in [-0.25, -0.2) is 4.98 Å². The molecule has 1 fully saturated rings. The molecule has 3 heterocycles. The van der Waals surface area contributed by atoms with Gasteiger partial charge in [-0.3, -0.25) is 9.59 Å². The highest BCUT2D eigenvalue weighted by atomic mass is 32.2. The minimum absolute atomic E-state index is 0.0169. The molecule has 1 amide bonds. The molecule has 0 aromatic carbocycles. The van der Waals surface area contributed by atoms with Crippen molar-refractivity contribution in [3.63, 3.8) is 0 Å². The Kier molecular flexibility index (Phi) is 4.10. The van der Waals surface area contributed by atoms with Crippen molar-refractivity contribution < 1.29 is 4.79 Å². The summed E-state index contributed by atoms with van der Waals surface area (Å²) in [5.74, 6) is 2.74. The SMILES string of the molecule is Cc1cc(=O)[nH]c(SCC(=O)N2Cc3nnc(C4CC4)n3[C@@H](C)C2)n1. The summed E-state index contributed by atoms with van der Waals surface area (Å²) in [7, 11) is 0. The molecule has 25 heavy (non-hydrogen) atoms. The van der Waals surface area contributed by atoms with Crippen LogP contribution in [0.25, 0.3) is 0 Å². The van der Waals surface area contributed by atoms with Gasteiger partial charge >= 0.3 is 0 Å². The number of H-pyrrole nitrogens is 1. The average Bonchev–Trinajstić information content (AvgIpc) is 3.31. The number of nitrogens with zero attached hydrogens (tertiary/aromatic N) is 5. The number of aromatic nitrogens is 5. The second-order valence-electron chi connectivity index (χ2n) is 6.72. The minimum Gasteiger partial charge on any atom is -0.332 e. The number of hydrogen-bond acceptors (Lipinski definition) is 6. The molecular formula is C16H20N6O2S. The Hall–Kier alpha value is -2.16. The number of aryl methyl sites for hydroxylation is 1. The Balaban J connectivity index is 1.43. The zero-order valence-electron chi connectivity index (χ0n) is 14.2. The van der Waals surface area contributed by atoms with Crippen LogP contribution < -0.4 is 5.56 Å². The van der Waals surface area contributed by atoms with Crippen LogP contribution in [-0.2, 0) is 11.3 Å². The maximum atomic E-state index is 12.6. The van der Waals surface area contributed by atoms with Crippen molar-refractivity contribution >= 4 is 17.7 Å². The zero-order valence-corrected chi connectivity index (χ0v) is 15.0. The number of hydrogen-bond donors (Lipinski definition) is 1. The highest BCUT2D eigenvalue weighted by Gasteiger charge is 2.35. The summed E-state index contributed by atoms with van der Waals surface area (Å²) in [4.78, 5) is 32.8. The van der Waals surface area contributed by atoms with Crippen LogP contribution >= 0.6 is 11.8 Å². The number of amides is 1. The molecule has 132 valence electrons. The maximum Gasteiger partial charge on any atom is 0.251 e. The fourth-order valence-corrected chi connectivity index (χ4v) is 4.04. The standard InChI is InChI=1S/C16H20N6O2S/c1-9-5-13(23)18-16(17-9)25-8-14(24)21-6-10(2)22-12(7-21)19-20-15(22)11-3-4-11/h5,10-11H,3-4,6-8H2,1-2H3,(H,17,18,23)/t10-/m0/s1. The summed E-state index contributed by atoms with van der Waals surface area (Å²) in [5.41, 5.74) is 0.445. The molecule has 0 saturated heterocycles. The summed E-state index contributed by atoms with van der Waals surface area (Å²) in [6.07, 6.45) is 2.37. The van der Waals surface area contributed by atoms with Crippen LogP contribution in [-0.4, -0.2) is 47.8 Å². The van der Waals surface area contributed by atoms with E-state index < -0.39 is 0 Å². The number of carbonyl (C=O) groups excluding carboxylic acids is 1. The van der Waals surface area contributed by atoms with Gasteiger partial charge in [-0.2, -0.15) is 0 Å². The third-order valence-corrected chi connectivity index (χ3v) is 5.38. The van der Waals surface area contributed by atoms with Gasteiger partial charge in [0, 0.05) is 24.2 Å². The lowest BCUT2D eigenvalue weighted by molar-refractivity contribution is -0.130. The Bertz CT molecular complexity index is 872. The molecule has 4 rings (SSSR count). The number of thioether (sulfide) groups is 1. The number of rotatable bonds is 4. The predicted molar refractivity (Wildman–Crippen MR) is 92.4 cm³/mol. The molecule has 0 unspecified atom stereocenters. The second kappa shape index (κ2) is 6.29. The lowest BCUT2D eigenvalue weighted by Crippen LogP contribution is -2.41. The maximum absolute atomic E-state index is 12.6. The minimum atomic E-state index is -0.199. The molecule has 1 atom stereocenters. The molecule has 0 bridgehead atoms. The summed E-state index contributed by atoms with van der Waals surface area (Å²) in [6, 6.07) is 1.61. The van der Waals surface area contributed by atoms with Crippen LogP contribution in [0.4, 0.5) is 0 Å². The second-order valence-corrected chi connectivity index (χ2v) is 7.69. The fourth-order valence-electron chi connectivity index (χ4n) is 3.21.